The zero-order chi connectivity index (χ0) is 20.5. The Morgan fingerprint density at radius 3 is 2.38 bits per heavy atom. The number of aryl methyl sites for hydroxylation is 3. The standard InChI is InChI=1S/C23H27N3O3/c1-17-5-9-19(10-6-17)23-26-25-22(29-23)14-13-21(27)24-15-3-4-16-28-20-11-7-18(2)8-12-20/h5-12H,3-4,13-16H2,1-2H3,(H,24,27). The lowest BCUT2D eigenvalue weighted by Gasteiger charge is -2.07. The molecule has 0 atom stereocenters. The quantitative estimate of drug-likeness (QED) is 0.521. The Balaban J connectivity index is 1.29. The molecule has 0 saturated carbocycles. The molecular weight excluding hydrogens is 366 g/mol. The zero-order valence-electron chi connectivity index (χ0n) is 17.0. The van der Waals surface area contributed by atoms with Crippen LogP contribution in [0.3, 0.4) is 0 Å². The van der Waals surface area contributed by atoms with Crippen LogP contribution in [0.2, 0.25) is 0 Å². The number of unbranched alkanes of at least 4 members (excludes halogenated alkanes) is 1. The summed E-state index contributed by atoms with van der Waals surface area (Å²) in [4.78, 5) is 12.0. The summed E-state index contributed by atoms with van der Waals surface area (Å²) >= 11 is 0. The Morgan fingerprint density at radius 2 is 1.66 bits per heavy atom. The fourth-order valence-electron chi connectivity index (χ4n) is 2.76. The molecule has 2 aromatic carbocycles. The fraction of sp³-hybridized carbons (Fsp3) is 0.348. The van der Waals surface area contributed by atoms with E-state index < -0.39 is 0 Å². The molecule has 29 heavy (non-hydrogen) atoms. The molecule has 0 aliphatic heterocycles. The monoisotopic (exact) mass is 393 g/mol. The van der Waals surface area contributed by atoms with E-state index in [9.17, 15) is 4.79 Å². The molecular formula is C23H27N3O3. The first-order valence-corrected chi connectivity index (χ1v) is 9.96. The molecule has 1 aromatic heterocycles. The van der Waals surface area contributed by atoms with Crippen LogP contribution in [0.4, 0.5) is 0 Å². The highest BCUT2D eigenvalue weighted by molar-refractivity contribution is 5.75. The van der Waals surface area contributed by atoms with Crippen LogP contribution in [-0.2, 0) is 11.2 Å². The van der Waals surface area contributed by atoms with E-state index in [0.29, 0.717) is 37.8 Å². The van der Waals surface area contributed by atoms with Gasteiger partial charge in [0.25, 0.3) is 0 Å². The summed E-state index contributed by atoms with van der Waals surface area (Å²) in [5, 5.41) is 11.0. The molecule has 0 aliphatic rings. The fourth-order valence-corrected chi connectivity index (χ4v) is 2.76. The molecule has 0 fully saturated rings. The molecule has 1 amide bonds. The van der Waals surface area contributed by atoms with Crippen molar-refractivity contribution in [2.75, 3.05) is 13.2 Å². The maximum Gasteiger partial charge on any atom is 0.247 e. The lowest BCUT2D eigenvalue weighted by Crippen LogP contribution is -2.25. The van der Waals surface area contributed by atoms with Crippen molar-refractivity contribution in [1.29, 1.82) is 0 Å². The van der Waals surface area contributed by atoms with Crippen molar-refractivity contribution in [3.05, 3.63) is 65.5 Å². The molecule has 0 spiro atoms. The first-order chi connectivity index (χ1) is 14.1. The van der Waals surface area contributed by atoms with Crippen molar-refractivity contribution in [2.45, 2.75) is 39.5 Å². The molecule has 0 radical (unpaired) electrons. The SMILES string of the molecule is Cc1ccc(OCCCCNC(=O)CCc2nnc(-c3ccc(C)cc3)o2)cc1. The number of nitrogens with zero attached hydrogens (tertiary/aromatic N) is 2. The van der Waals surface area contributed by atoms with Gasteiger partial charge < -0.3 is 14.5 Å². The van der Waals surface area contributed by atoms with Gasteiger partial charge in [-0.15, -0.1) is 10.2 Å². The van der Waals surface area contributed by atoms with Crippen molar-refractivity contribution in [3.8, 4) is 17.2 Å². The maximum atomic E-state index is 12.0. The highest BCUT2D eigenvalue weighted by Gasteiger charge is 2.10. The molecule has 0 aliphatic carbocycles. The van der Waals surface area contributed by atoms with Gasteiger partial charge in [0.2, 0.25) is 17.7 Å². The average molecular weight is 393 g/mol. The van der Waals surface area contributed by atoms with Gasteiger partial charge >= 0.3 is 0 Å². The molecule has 0 bridgehead atoms. The van der Waals surface area contributed by atoms with Crippen LogP contribution in [0.25, 0.3) is 11.5 Å². The van der Waals surface area contributed by atoms with Crippen molar-refractivity contribution in [3.63, 3.8) is 0 Å². The van der Waals surface area contributed by atoms with Crippen molar-refractivity contribution >= 4 is 5.91 Å². The number of aromatic nitrogens is 2. The summed E-state index contributed by atoms with van der Waals surface area (Å²) in [6, 6.07) is 15.9. The third-order valence-electron chi connectivity index (χ3n) is 4.51. The van der Waals surface area contributed by atoms with E-state index in [0.717, 1.165) is 24.2 Å². The van der Waals surface area contributed by atoms with E-state index in [-0.39, 0.29) is 5.91 Å². The lowest BCUT2D eigenvalue weighted by atomic mass is 10.1. The van der Waals surface area contributed by atoms with Gasteiger partial charge in [-0.2, -0.15) is 0 Å². The summed E-state index contributed by atoms with van der Waals surface area (Å²) in [6.07, 6.45) is 2.52. The Kier molecular flexibility index (Phi) is 7.39. The molecule has 1 heterocycles. The molecule has 152 valence electrons. The van der Waals surface area contributed by atoms with Gasteiger partial charge in [0.05, 0.1) is 6.61 Å². The third kappa shape index (κ3) is 6.75. The van der Waals surface area contributed by atoms with Crippen LogP contribution in [0, 0.1) is 13.8 Å². The minimum absolute atomic E-state index is 0.0143. The number of carbonyl (C=O) groups is 1. The summed E-state index contributed by atoms with van der Waals surface area (Å²) in [7, 11) is 0. The molecule has 1 N–H and O–H groups in total. The number of amides is 1. The van der Waals surface area contributed by atoms with Gasteiger partial charge in [-0.3, -0.25) is 4.79 Å². The van der Waals surface area contributed by atoms with E-state index in [1.54, 1.807) is 0 Å². The van der Waals surface area contributed by atoms with Crippen LogP contribution >= 0.6 is 0 Å². The van der Waals surface area contributed by atoms with Gasteiger partial charge in [-0.1, -0.05) is 35.4 Å². The highest BCUT2D eigenvalue weighted by Crippen LogP contribution is 2.18. The number of nitrogens with one attached hydrogen (secondary N) is 1. The van der Waals surface area contributed by atoms with Gasteiger partial charge in [-0.25, -0.2) is 0 Å². The number of hydrogen-bond acceptors (Lipinski definition) is 5. The first-order valence-electron chi connectivity index (χ1n) is 9.96. The Morgan fingerprint density at radius 1 is 0.966 bits per heavy atom. The van der Waals surface area contributed by atoms with Crippen LogP contribution < -0.4 is 10.1 Å². The van der Waals surface area contributed by atoms with E-state index in [2.05, 4.69) is 15.5 Å². The van der Waals surface area contributed by atoms with E-state index in [1.165, 1.54) is 11.1 Å². The van der Waals surface area contributed by atoms with Crippen LogP contribution in [-0.4, -0.2) is 29.3 Å². The molecule has 6 heteroatoms. The number of ether oxygens (including phenoxy) is 1. The van der Waals surface area contributed by atoms with Crippen LogP contribution in [0.1, 0.15) is 36.3 Å². The van der Waals surface area contributed by atoms with E-state index in [1.807, 2.05) is 62.4 Å². The van der Waals surface area contributed by atoms with E-state index in [4.69, 9.17) is 9.15 Å². The van der Waals surface area contributed by atoms with Crippen molar-refractivity contribution in [2.24, 2.45) is 0 Å². The minimum atomic E-state index is -0.0143. The van der Waals surface area contributed by atoms with Crippen molar-refractivity contribution < 1.29 is 13.9 Å². The van der Waals surface area contributed by atoms with Gasteiger partial charge in [0.15, 0.2) is 0 Å². The predicted molar refractivity (Wildman–Crippen MR) is 112 cm³/mol. The van der Waals surface area contributed by atoms with Gasteiger partial charge in [0, 0.05) is 24.9 Å². The first kappa shape index (κ1) is 20.6. The number of rotatable bonds is 10. The number of hydrogen-bond donors (Lipinski definition) is 1. The predicted octanol–water partition coefficient (Wildman–Crippen LogP) is 4.26. The molecule has 6 nitrogen and oxygen atoms in total. The third-order valence-corrected chi connectivity index (χ3v) is 4.51. The molecule has 0 saturated heterocycles. The smallest absolute Gasteiger partial charge is 0.247 e. The summed E-state index contributed by atoms with van der Waals surface area (Å²) in [6.45, 7) is 5.35. The minimum Gasteiger partial charge on any atom is -0.494 e. The summed E-state index contributed by atoms with van der Waals surface area (Å²) in [5.74, 6) is 1.82. The molecule has 3 rings (SSSR count). The lowest BCUT2D eigenvalue weighted by molar-refractivity contribution is -0.121. The second kappa shape index (κ2) is 10.4. The molecule has 0 unspecified atom stereocenters. The van der Waals surface area contributed by atoms with Gasteiger partial charge in [0.1, 0.15) is 5.75 Å². The Labute approximate surface area is 171 Å². The largest absolute Gasteiger partial charge is 0.494 e. The van der Waals surface area contributed by atoms with E-state index >= 15 is 0 Å². The van der Waals surface area contributed by atoms with Crippen LogP contribution in [0.15, 0.2) is 52.9 Å². The van der Waals surface area contributed by atoms with Gasteiger partial charge in [-0.05, 0) is 51.0 Å². The number of carbonyl (C=O) groups excluding carboxylic acids is 1. The summed E-state index contributed by atoms with van der Waals surface area (Å²) in [5.41, 5.74) is 3.27. The maximum absolute atomic E-state index is 12.0. The second-order valence-electron chi connectivity index (χ2n) is 7.09. The van der Waals surface area contributed by atoms with Crippen LogP contribution in [0.5, 0.6) is 5.75 Å². The molecule has 3 aromatic rings. The Hall–Kier alpha value is -3.15. The normalized spacial score (nSPS) is 10.7. The average Bonchev–Trinajstić information content (AvgIpc) is 3.20. The topological polar surface area (TPSA) is 77.2 Å². The number of benzene rings is 2. The Bertz CT molecular complexity index is 902. The summed E-state index contributed by atoms with van der Waals surface area (Å²) < 4.78 is 11.3. The highest BCUT2D eigenvalue weighted by atomic mass is 16.5. The second-order valence-corrected chi connectivity index (χ2v) is 7.09. The van der Waals surface area contributed by atoms with Crippen molar-refractivity contribution in [1.82, 2.24) is 15.5 Å². The zero-order valence-corrected chi connectivity index (χ0v) is 17.0.